The molecule has 2 nitrogen and oxygen atoms in total. The first-order valence-corrected chi connectivity index (χ1v) is 8.31. The summed E-state index contributed by atoms with van der Waals surface area (Å²) >= 11 is 3.82. The zero-order valence-electron chi connectivity index (χ0n) is 11.5. The van der Waals surface area contributed by atoms with E-state index in [0.29, 0.717) is 12.0 Å². The molecule has 0 saturated heterocycles. The van der Waals surface area contributed by atoms with Gasteiger partial charge in [0.25, 0.3) is 0 Å². The molecule has 0 fully saturated rings. The summed E-state index contributed by atoms with van der Waals surface area (Å²) in [6.45, 7) is 12.0. The number of hydrogen-bond donors (Lipinski definition) is 1. The predicted molar refractivity (Wildman–Crippen MR) is 80.0 cm³/mol. The van der Waals surface area contributed by atoms with Crippen molar-refractivity contribution in [2.75, 3.05) is 5.75 Å². The zero-order chi connectivity index (χ0) is 12.8. The SMILES string of the molecule is CCSCc1nc(C(C)C)c(CNC(C)C)s1. The molecular weight excluding hydrogens is 248 g/mol. The molecule has 0 bridgehead atoms. The lowest BCUT2D eigenvalue weighted by atomic mass is 10.1. The van der Waals surface area contributed by atoms with E-state index >= 15 is 0 Å². The Morgan fingerprint density at radius 1 is 1.29 bits per heavy atom. The monoisotopic (exact) mass is 272 g/mol. The summed E-state index contributed by atoms with van der Waals surface area (Å²) in [6.07, 6.45) is 0. The number of rotatable bonds is 7. The van der Waals surface area contributed by atoms with Gasteiger partial charge in [-0.05, 0) is 11.7 Å². The largest absolute Gasteiger partial charge is 0.310 e. The summed E-state index contributed by atoms with van der Waals surface area (Å²) < 4.78 is 0. The van der Waals surface area contributed by atoms with Crippen molar-refractivity contribution >= 4 is 23.1 Å². The first-order valence-electron chi connectivity index (χ1n) is 6.34. The molecule has 0 aliphatic heterocycles. The van der Waals surface area contributed by atoms with Gasteiger partial charge < -0.3 is 5.32 Å². The highest BCUT2D eigenvalue weighted by molar-refractivity contribution is 7.98. The van der Waals surface area contributed by atoms with E-state index < -0.39 is 0 Å². The van der Waals surface area contributed by atoms with E-state index in [1.54, 1.807) is 0 Å². The van der Waals surface area contributed by atoms with Crippen molar-refractivity contribution in [3.05, 3.63) is 15.6 Å². The topological polar surface area (TPSA) is 24.9 Å². The second kappa shape index (κ2) is 7.39. The van der Waals surface area contributed by atoms with Gasteiger partial charge in [0.1, 0.15) is 5.01 Å². The smallest absolute Gasteiger partial charge is 0.103 e. The number of nitrogens with one attached hydrogen (secondary N) is 1. The van der Waals surface area contributed by atoms with Crippen molar-refractivity contribution in [2.45, 2.75) is 58.9 Å². The zero-order valence-corrected chi connectivity index (χ0v) is 13.2. The molecule has 1 aromatic rings. The maximum Gasteiger partial charge on any atom is 0.103 e. The number of thiazole rings is 1. The summed E-state index contributed by atoms with van der Waals surface area (Å²) in [4.78, 5) is 6.20. The lowest BCUT2D eigenvalue weighted by Gasteiger charge is -2.09. The van der Waals surface area contributed by atoms with Gasteiger partial charge in [0.15, 0.2) is 0 Å². The summed E-state index contributed by atoms with van der Waals surface area (Å²) in [6, 6.07) is 0.533. The van der Waals surface area contributed by atoms with Crippen molar-refractivity contribution in [1.82, 2.24) is 10.3 Å². The Morgan fingerprint density at radius 2 is 2.00 bits per heavy atom. The number of hydrogen-bond acceptors (Lipinski definition) is 4. The molecule has 1 rings (SSSR count). The molecule has 98 valence electrons. The highest BCUT2D eigenvalue weighted by atomic mass is 32.2. The van der Waals surface area contributed by atoms with Crippen LogP contribution in [-0.4, -0.2) is 16.8 Å². The molecule has 0 amide bonds. The van der Waals surface area contributed by atoms with Crippen molar-refractivity contribution < 1.29 is 0 Å². The van der Waals surface area contributed by atoms with Crippen LogP contribution in [0.1, 0.15) is 56.1 Å². The van der Waals surface area contributed by atoms with Gasteiger partial charge in [-0.3, -0.25) is 0 Å². The van der Waals surface area contributed by atoms with Crippen LogP contribution in [0.15, 0.2) is 0 Å². The molecule has 0 saturated carbocycles. The second-order valence-electron chi connectivity index (χ2n) is 4.74. The molecule has 17 heavy (non-hydrogen) atoms. The van der Waals surface area contributed by atoms with Gasteiger partial charge in [0, 0.05) is 23.2 Å². The highest BCUT2D eigenvalue weighted by Gasteiger charge is 2.14. The second-order valence-corrected chi connectivity index (χ2v) is 7.19. The van der Waals surface area contributed by atoms with Crippen molar-refractivity contribution in [2.24, 2.45) is 0 Å². The van der Waals surface area contributed by atoms with Crippen LogP contribution in [-0.2, 0) is 12.3 Å². The van der Waals surface area contributed by atoms with Gasteiger partial charge >= 0.3 is 0 Å². The standard InChI is InChI=1S/C13H24N2S2/c1-6-16-8-12-15-13(9(2)3)11(17-12)7-14-10(4)5/h9-10,14H,6-8H2,1-5H3. The Hall–Kier alpha value is -0.0600. The molecule has 0 aliphatic rings. The molecular formula is C13H24N2S2. The van der Waals surface area contributed by atoms with E-state index in [9.17, 15) is 0 Å². The number of aromatic nitrogens is 1. The summed E-state index contributed by atoms with van der Waals surface area (Å²) in [5, 5.41) is 4.77. The Labute approximate surface area is 114 Å². The van der Waals surface area contributed by atoms with Gasteiger partial charge in [-0.1, -0.05) is 34.6 Å². The van der Waals surface area contributed by atoms with Gasteiger partial charge in [-0.15, -0.1) is 11.3 Å². The first kappa shape index (κ1) is 15.0. The van der Waals surface area contributed by atoms with Crippen LogP contribution in [0.4, 0.5) is 0 Å². The van der Waals surface area contributed by atoms with E-state index in [0.717, 1.165) is 18.1 Å². The minimum Gasteiger partial charge on any atom is -0.310 e. The van der Waals surface area contributed by atoms with Gasteiger partial charge in [-0.25, -0.2) is 4.98 Å². The average Bonchev–Trinajstić information content (AvgIpc) is 2.67. The van der Waals surface area contributed by atoms with Crippen LogP contribution in [0.2, 0.25) is 0 Å². The maximum atomic E-state index is 4.78. The van der Waals surface area contributed by atoms with E-state index in [-0.39, 0.29) is 0 Å². The van der Waals surface area contributed by atoms with Crippen LogP contribution >= 0.6 is 23.1 Å². The quantitative estimate of drug-likeness (QED) is 0.811. The average molecular weight is 272 g/mol. The van der Waals surface area contributed by atoms with Crippen molar-refractivity contribution in [1.29, 1.82) is 0 Å². The highest BCUT2D eigenvalue weighted by Crippen LogP contribution is 2.27. The van der Waals surface area contributed by atoms with Crippen LogP contribution in [0.3, 0.4) is 0 Å². The van der Waals surface area contributed by atoms with Crippen LogP contribution in [0.5, 0.6) is 0 Å². The molecule has 1 heterocycles. The number of thioether (sulfide) groups is 1. The summed E-state index contributed by atoms with van der Waals surface area (Å²) in [5.41, 5.74) is 1.29. The summed E-state index contributed by atoms with van der Waals surface area (Å²) in [5.74, 6) is 2.74. The third-order valence-corrected chi connectivity index (χ3v) is 4.56. The molecule has 0 aromatic carbocycles. The van der Waals surface area contributed by atoms with Gasteiger partial charge in [0.05, 0.1) is 5.69 Å². The van der Waals surface area contributed by atoms with E-state index in [2.05, 4.69) is 39.9 Å². The lowest BCUT2D eigenvalue weighted by Crippen LogP contribution is -2.22. The Balaban J connectivity index is 2.74. The molecule has 0 aliphatic carbocycles. The molecule has 0 unspecified atom stereocenters. The van der Waals surface area contributed by atoms with E-state index in [1.165, 1.54) is 15.6 Å². The van der Waals surface area contributed by atoms with E-state index in [1.807, 2.05) is 23.1 Å². The predicted octanol–water partition coefficient (Wildman–Crippen LogP) is 4.02. The fourth-order valence-electron chi connectivity index (χ4n) is 1.54. The Bertz CT molecular complexity index is 332. The molecule has 0 atom stereocenters. The van der Waals surface area contributed by atoms with Gasteiger partial charge in [-0.2, -0.15) is 11.8 Å². The van der Waals surface area contributed by atoms with Crippen molar-refractivity contribution in [3.63, 3.8) is 0 Å². The minimum atomic E-state index is 0.524. The normalized spacial score (nSPS) is 11.7. The number of nitrogens with zero attached hydrogens (tertiary/aromatic N) is 1. The van der Waals surface area contributed by atoms with Crippen LogP contribution in [0, 0.1) is 0 Å². The molecule has 4 heteroatoms. The third kappa shape index (κ3) is 4.98. The molecule has 1 N–H and O–H groups in total. The Kier molecular flexibility index (Phi) is 6.52. The fourth-order valence-corrected chi connectivity index (χ4v) is 3.44. The molecule has 1 aromatic heterocycles. The minimum absolute atomic E-state index is 0.524. The third-order valence-electron chi connectivity index (χ3n) is 2.42. The summed E-state index contributed by atoms with van der Waals surface area (Å²) in [7, 11) is 0. The molecule has 0 radical (unpaired) electrons. The molecule has 0 spiro atoms. The fraction of sp³-hybridized carbons (Fsp3) is 0.769. The van der Waals surface area contributed by atoms with Crippen LogP contribution in [0.25, 0.3) is 0 Å². The van der Waals surface area contributed by atoms with Gasteiger partial charge in [0.2, 0.25) is 0 Å². The maximum absolute atomic E-state index is 4.78. The Morgan fingerprint density at radius 3 is 2.53 bits per heavy atom. The van der Waals surface area contributed by atoms with Crippen LogP contribution < -0.4 is 5.32 Å². The first-order chi connectivity index (χ1) is 8.04. The van der Waals surface area contributed by atoms with Crippen molar-refractivity contribution in [3.8, 4) is 0 Å². The van der Waals surface area contributed by atoms with E-state index in [4.69, 9.17) is 4.98 Å². The lowest BCUT2D eigenvalue weighted by molar-refractivity contribution is 0.588.